The van der Waals surface area contributed by atoms with Crippen molar-refractivity contribution in [1.29, 1.82) is 0 Å². The van der Waals surface area contributed by atoms with Crippen LogP contribution in [-0.4, -0.2) is 35.8 Å². The summed E-state index contributed by atoms with van der Waals surface area (Å²) in [5, 5.41) is 3.66. The zero-order chi connectivity index (χ0) is 11.8. The molecule has 2 rings (SSSR count). The molecule has 0 amide bonds. The predicted octanol–water partition coefficient (Wildman–Crippen LogP) is 0.564. The molecule has 1 atom stereocenters. The van der Waals surface area contributed by atoms with Gasteiger partial charge in [0.2, 0.25) is 5.78 Å². The van der Waals surface area contributed by atoms with Crippen LogP contribution >= 0.6 is 0 Å². The third-order valence-electron chi connectivity index (χ3n) is 2.57. The van der Waals surface area contributed by atoms with Crippen molar-refractivity contribution in [1.82, 2.24) is 10.1 Å². The maximum atomic E-state index is 11.4. The minimum Gasteiger partial charge on any atom is -0.331 e. The summed E-state index contributed by atoms with van der Waals surface area (Å²) in [5.74, 6) is -0.00963. The van der Waals surface area contributed by atoms with Crippen LogP contribution in [0.4, 0.5) is 0 Å². The third kappa shape index (κ3) is 2.29. The fourth-order valence-electron chi connectivity index (χ4n) is 1.77. The lowest BCUT2D eigenvalue weighted by atomic mass is 10.1. The van der Waals surface area contributed by atoms with Crippen LogP contribution in [0.2, 0.25) is 0 Å². The molecule has 2 heterocycles. The molecule has 0 N–H and O–H groups in total. The summed E-state index contributed by atoms with van der Waals surface area (Å²) in [6, 6.07) is 0. The van der Waals surface area contributed by atoms with Crippen molar-refractivity contribution < 1.29 is 17.7 Å². The van der Waals surface area contributed by atoms with E-state index in [2.05, 4.69) is 10.1 Å². The molecule has 1 aliphatic heterocycles. The number of aromatic nitrogens is 2. The highest BCUT2D eigenvalue weighted by Crippen LogP contribution is 2.26. The van der Waals surface area contributed by atoms with E-state index in [1.54, 1.807) is 0 Å². The zero-order valence-electron chi connectivity index (χ0n) is 8.84. The van der Waals surface area contributed by atoms with E-state index in [-0.39, 0.29) is 29.1 Å². The Morgan fingerprint density at radius 1 is 1.50 bits per heavy atom. The Morgan fingerprint density at radius 2 is 2.25 bits per heavy atom. The quantitative estimate of drug-likeness (QED) is 0.706. The topological polar surface area (TPSA) is 90.1 Å². The molecule has 1 saturated heterocycles. The average molecular weight is 244 g/mol. The number of Topliss-reactive ketones (excluding diaryl/α,β-unsaturated/α-hetero) is 1. The summed E-state index contributed by atoms with van der Waals surface area (Å²) in [5.41, 5.74) is 0. The maximum absolute atomic E-state index is 11.4. The largest absolute Gasteiger partial charge is 0.331 e. The molecule has 6 nitrogen and oxygen atoms in total. The Bertz CT molecular complexity index is 505. The van der Waals surface area contributed by atoms with Crippen LogP contribution in [0.3, 0.4) is 0 Å². The van der Waals surface area contributed by atoms with Gasteiger partial charge in [0.15, 0.2) is 15.7 Å². The third-order valence-corrected chi connectivity index (χ3v) is 4.39. The Morgan fingerprint density at radius 3 is 2.81 bits per heavy atom. The summed E-state index contributed by atoms with van der Waals surface area (Å²) in [7, 11) is -3.00. The van der Waals surface area contributed by atoms with Crippen LogP contribution in [0, 0.1) is 0 Å². The van der Waals surface area contributed by atoms with E-state index in [1.807, 2.05) is 0 Å². The van der Waals surface area contributed by atoms with Crippen LogP contribution in [-0.2, 0) is 9.84 Å². The first-order valence-electron chi connectivity index (χ1n) is 5.03. The lowest BCUT2D eigenvalue weighted by Gasteiger charge is -2.18. The van der Waals surface area contributed by atoms with E-state index in [0.717, 1.165) is 6.42 Å². The predicted molar refractivity (Wildman–Crippen MR) is 54.9 cm³/mol. The van der Waals surface area contributed by atoms with Crippen molar-refractivity contribution in [3.05, 3.63) is 11.7 Å². The molecule has 16 heavy (non-hydrogen) atoms. The number of carbonyl (C=O) groups excluding carboxylic acids is 1. The minimum atomic E-state index is -3.00. The molecule has 1 aliphatic rings. The van der Waals surface area contributed by atoms with Gasteiger partial charge in [-0.2, -0.15) is 4.98 Å². The Hall–Kier alpha value is -1.24. The van der Waals surface area contributed by atoms with Crippen molar-refractivity contribution in [2.24, 2.45) is 0 Å². The van der Waals surface area contributed by atoms with Crippen LogP contribution in [0.5, 0.6) is 0 Å². The van der Waals surface area contributed by atoms with E-state index < -0.39 is 9.84 Å². The molecule has 0 saturated carbocycles. The van der Waals surface area contributed by atoms with Crippen molar-refractivity contribution in [2.75, 3.05) is 11.5 Å². The summed E-state index contributed by atoms with van der Waals surface area (Å²) in [6.07, 6.45) is 1.33. The molecule has 0 aromatic carbocycles. The van der Waals surface area contributed by atoms with E-state index in [1.165, 1.54) is 6.92 Å². The second-order valence-electron chi connectivity index (χ2n) is 3.97. The van der Waals surface area contributed by atoms with Crippen LogP contribution < -0.4 is 0 Å². The number of hydrogen-bond acceptors (Lipinski definition) is 6. The highest BCUT2D eigenvalue weighted by Gasteiger charge is 2.29. The molecule has 1 fully saturated rings. The summed E-state index contributed by atoms with van der Waals surface area (Å²) in [4.78, 5) is 14.9. The van der Waals surface area contributed by atoms with Crippen LogP contribution in [0.15, 0.2) is 4.52 Å². The lowest BCUT2D eigenvalue weighted by Crippen LogP contribution is -2.24. The Kier molecular flexibility index (Phi) is 2.79. The van der Waals surface area contributed by atoms with Gasteiger partial charge in [0.05, 0.1) is 11.5 Å². The van der Waals surface area contributed by atoms with Crippen LogP contribution in [0.25, 0.3) is 0 Å². The summed E-state index contributed by atoms with van der Waals surface area (Å²) < 4.78 is 27.6. The standard InChI is InChI=1S/C9H12N2O4S/c1-6(12)9-10-8(11-15-9)7-3-2-4-16(13,14)5-7/h7H,2-5H2,1H3. The molecule has 88 valence electrons. The molecule has 0 aliphatic carbocycles. The van der Waals surface area contributed by atoms with Gasteiger partial charge >= 0.3 is 0 Å². The SMILES string of the molecule is CC(=O)c1nc(C2CCCS(=O)(=O)C2)no1. The highest BCUT2D eigenvalue weighted by molar-refractivity contribution is 7.91. The van der Waals surface area contributed by atoms with E-state index in [9.17, 15) is 13.2 Å². The molecule has 1 aromatic rings. The zero-order valence-corrected chi connectivity index (χ0v) is 9.66. The van der Waals surface area contributed by atoms with Gasteiger partial charge in [0, 0.05) is 12.8 Å². The summed E-state index contributed by atoms with van der Waals surface area (Å²) in [6.45, 7) is 1.33. The van der Waals surface area contributed by atoms with E-state index >= 15 is 0 Å². The van der Waals surface area contributed by atoms with Gasteiger partial charge in [0.1, 0.15) is 0 Å². The van der Waals surface area contributed by atoms with Gasteiger partial charge in [-0.1, -0.05) is 5.16 Å². The Balaban J connectivity index is 2.20. The molecule has 0 radical (unpaired) electrons. The van der Waals surface area contributed by atoms with Crippen LogP contribution in [0.1, 0.15) is 42.2 Å². The van der Waals surface area contributed by atoms with Gasteiger partial charge < -0.3 is 4.52 Å². The average Bonchev–Trinajstić information content (AvgIpc) is 2.64. The van der Waals surface area contributed by atoms with Gasteiger partial charge in [-0.25, -0.2) is 8.42 Å². The molecule has 1 unspecified atom stereocenters. The Labute approximate surface area is 93.0 Å². The second kappa shape index (κ2) is 3.97. The number of ketones is 1. The first kappa shape index (κ1) is 11.3. The van der Waals surface area contributed by atoms with E-state index in [0.29, 0.717) is 12.2 Å². The van der Waals surface area contributed by atoms with Crippen molar-refractivity contribution in [3.8, 4) is 0 Å². The fraction of sp³-hybridized carbons (Fsp3) is 0.667. The maximum Gasteiger partial charge on any atom is 0.293 e. The molecule has 0 bridgehead atoms. The first-order valence-corrected chi connectivity index (χ1v) is 6.85. The number of rotatable bonds is 2. The highest BCUT2D eigenvalue weighted by atomic mass is 32.2. The van der Waals surface area contributed by atoms with E-state index in [4.69, 9.17) is 4.52 Å². The second-order valence-corrected chi connectivity index (χ2v) is 6.20. The number of sulfone groups is 1. The van der Waals surface area contributed by atoms with Gasteiger partial charge in [-0.05, 0) is 12.8 Å². The number of carbonyl (C=O) groups is 1. The van der Waals surface area contributed by atoms with Crippen molar-refractivity contribution >= 4 is 15.6 Å². The molecular formula is C9H12N2O4S. The summed E-state index contributed by atoms with van der Waals surface area (Å²) >= 11 is 0. The van der Waals surface area contributed by atoms with Crippen molar-refractivity contribution in [2.45, 2.75) is 25.7 Å². The normalized spacial score (nSPS) is 24.2. The molecule has 1 aromatic heterocycles. The molecule has 0 spiro atoms. The first-order chi connectivity index (χ1) is 7.48. The monoisotopic (exact) mass is 244 g/mol. The molecular weight excluding hydrogens is 232 g/mol. The number of hydrogen-bond donors (Lipinski definition) is 0. The van der Waals surface area contributed by atoms with Gasteiger partial charge in [0.25, 0.3) is 5.89 Å². The minimum absolute atomic E-state index is 0.0455. The lowest BCUT2D eigenvalue weighted by molar-refractivity contribution is 0.0972. The van der Waals surface area contributed by atoms with Gasteiger partial charge in [-0.15, -0.1) is 0 Å². The fourth-order valence-corrected chi connectivity index (χ4v) is 3.47. The number of nitrogens with zero attached hydrogens (tertiary/aromatic N) is 2. The van der Waals surface area contributed by atoms with Crippen molar-refractivity contribution in [3.63, 3.8) is 0 Å². The molecule has 7 heteroatoms. The smallest absolute Gasteiger partial charge is 0.293 e. The van der Waals surface area contributed by atoms with Gasteiger partial charge in [-0.3, -0.25) is 4.79 Å².